The molecule has 0 saturated carbocycles. The van der Waals surface area contributed by atoms with E-state index in [0.717, 1.165) is 27.9 Å². The summed E-state index contributed by atoms with van der Waals surface area (Å²) in [5.41, 5.74) is 3.22. The number of aliphatic hydroxyl groups excluding tert-OH is 2. The Labute approximate surface area is 194 Å². The first-order chi connectivity index (χ1) is 16.6. The van der Waals surface area contributed by atoms with E-state index in [1.54, 1.807) is 22.8 Å². The lowest BCUT2D eigenvalue weighted by Crippen LogP contribution is -2.21. The van der Waals surface area contributed by atoms with Crippen molar-refractivity contribution in [3.63, 3.8) is 0 Å². The summed E-state index contributed by atoms with van der Waals surface area (Å²) in [5, 5.41) is 26.7. The van der Waals surface area contributed by atoms with Gasteiger partial charge in [-0.2, -0.15) is 5.10 Å². The number of aryl methyl sites for hydroxylation is 1. The molecule has 0 aliphatic heterocycles. The fourth-order valence-corrected chi connectivity index (χ4v) is 3.44. The molecule has 0 bridgehead atoms. The standard InChI is InChI=1S/C24H22N6O4/c1-15-8-16(2-5-22(15)34-19-6-7-30-23(10-19)26-14-28-30)29-24-20-9-18(33-12-17(32)11-31)3-4-21(20)25-13-27-24/h2-10,13-14,17,31-32H,11-12H2,1H3,(H,25,27,29)/t17-/m0/s1. The van der Waals surface area contributed by atoms with Gasteiger partial charge < -0.3 is 25.0 Å². The summed E-state index contributed by atoms with van der Waals surface area (Å²) in [5.74, 6) is 2.55. The zero-order valence-electron chi connectivity index (χ0n) is 18.3. The van der Waals surface area contributed by atoms with Gasteiger partial charge in [0.15, 0.2) is 5.65 Å². The summed E-state index contributed by atoms with van der Waals surface area (Å²) in [4.78, 5) is 12.9. The number of benzene rings is 2. The van der Waals surface area contributed by atoms with E-state index in [4.69, 9.17) is 14.6 Å². The summed E-state index contributed by atoms with van der Waals surface area (Å²) in [6.07, 6.45) is 3.84. The lowest BCUT2D eigenvalue weighted by molar-refractivity contribution is 0.0536. The number of hydrogen-bond acceptors (Lipinski definition) is 9. The molecule has 10 heteroatoms. The second kappa shape index (κ2) is 9.30. The molecule has 5 aromatic rings. The van der Waals surface area contributed by atoms with Crippen LogP contribution in [-0.2, 0) is 0 Å². The first kappa shape index (κ1) is 21.6. The molecule has 0 aliphatic rings. The third kappa shape index (κ3) is 4.58. The maximum absolute atomic E-state index is 9.53. The van der Waals surface area contributed by atoms with Crippen LogP contribution in [0, 0.1) is 6.92 Å². The number of rotatable bonds is 8. The maximum Gasteiger partial charge on any atom is 0.158 e. The third-order valence-corrected chi connectivity index (χ3v) is 5.18. The van der Waals surface area contributed by atoms with Crippen LogP contribution >= 0.6 is 0 Å². The molecule has 34 heavy (non-hydrogen) atoms. The summed E-state index contributed by atoms with van der Waals surface area (Å²) in [6, 6.07) is 14.8. The van der Waals surface area contributed by atoms with E-state index < -0.39 is 6.10 Å². The molecular formula is C24H22N6O4. The van der Waals surface area contributed by atoms with Crippen molar-refractivity contribution in [2.75, 3.05) is 18.5 Å². The highest BCUT2D eigenvalue weighted by molar-refractivity contribution is 5.91. The number of aromatic nitrogens is 5. The van der Waals surface area contributed by atoms with Crippen molar-refractivity contribution in [3.8, 4) is 17.2 Å². The Morgan fingerprint density at radius 1 is 1.00 bits per heavy atom. The van der Waals surface area contributed by atoms with Gasteiger partial charge in [0, 0.05) is 23.3 Å². The fourth-order valence-electron chi connectivity index (χ4n) is 3.44. The number of nitrogens with one attached hydrogen (secondary N) is 1. The van der Waals surface area contributed by atoms with Crippen molar-refractivity contribution < 1.29 is 19.7 Å². The average Bonchev–Trinajstić information content (AvgIpc) is 3.32. The van der Waals surface area contributed by atoms with Crippen molar-refractivity contribution in [3.05, 3.63) is 72.9 Å². The van der Waals surface area contributed by atoms with Crippen LogP contribution < -0.4 is 14.8 Å². The Hall–Kier alpha value is -4.28. The molecular weight excluding hydrogens is 436 g/mol. The first-order valence-corrected chi connectivity index (χ1v) is 10.6. The van der Waals surface area contributed by atoms with Crippen LogP contribution in [0.25, 0.3) is 16.6 Å². The second-order valence-electron chi connectivity index (χ2n) is 7.68. The Morgan fingerprint density at radius 2 is 1.91 bits per heavy atom. The molecule has 1 atom stereocenters. The molecule has 5 rings (SSSR count). The molecule has 0 radical (unpaired) electrons. The highest BCUT2D eigenvalue weighted by atomic mass is 16.5. The van der Waals surface area contributed by atoms with Crippen LogP contribution in [-0.4, -0.2) is 54.1 Å². The second-order valence-corrected chi connectivity index (χ2v) is 7.68. The van der Waals surface area contributed by atoms with Crippen LogP contribution in [0.15, 0.2) is 67.4 Å². The van der Waals surface area contributed by atoms with E-state index in [-0.39, 0.29) is 13.2 Å². The van der Waals surface area contributed by atoms with E-state index in [0.29, 0.717) is 23.0 Å². The molecule has 3 N–H and O–H groups in total. The minimum atomic E-state index is -0.942. The maximum atomic E-state index is 9.53. The number of anilines is 2. The van der Waals surface area contributed by atoms with E-state index >= 15 is 0 Å². The van der Waals surface area contributed by atoms with E-state index in [2.05, 4.69) is 25.4 Å². The highest BCUT2D eigenvalue weighted by Gasteiger charge is 2.10. The summed E-state index contributed by atoms with van der Waals surface area (Å²) in [7, 11) is 0. The van der Waals surface area contributed by atoms with Crippen molar-refractivity contribution in [1.29, 1.82) is 0 Å². The fraction of sp³-hybridized carbons (Fsp3) is 0.167. The molecule has 10 nitrogen and oxygen atoms in total. The number of aliphatic hydroxyl groups is 2. The van der Waals surface area contributed by atoms with Gasteiger partial charge in [0.2, 0.25) is 0 Å². The number of pyridine rings is 1. The molecule has 2 aromatic carbocycles. The SMILES string of the molecule is Cc1cc(Nc2ncnc3ccc(OC[C@@H](O)CO)cc23)ccc1Oc1ccn2ncnc2c1. The lowest BCUT2D eigenvalue weighted by atomic mass is 10.2. The molecule has 3 heterocycles. The van der Waals surface area contributed by atoms with Crippen LogP contribution in [0.4, 0.5) is 11.5 Å². The van der Waals surface area contributed by atoms with Crippen LogP contribution in [0.5, 0.6) is 17.2 Å². The molecule has 172 valence electrons. The van der Waals surface area contributed by atoms with E-state index in [1.807, 2.05) is 43.3 Å². The van der Waals surface area contributed by atoms with E-state index in [1.165, 1.54) is 12.7 Å². The van der Waals surface area contributed by atoms with Crippen molar-refractivity contribution in [1.82, 2.24) is 24.6 Å². The Balaban J connectivity index is 1.36. The zero-order chi connectivity index (χ0) is 23.5. The minimum Gasteiger partial charge on any atom is -0.491 e. The number of nitrogens with zero attached hydrogens (tertiary/aromatic N) is 5. The van der Waals surface area contributed by atoms with Crippen molar-refractivity contribution in [2.45, 2.75) is 13.0 Å². The predicted molar refractivity (Wildman–Crippen MR) is 126 cm³/mol. The Bertz CT molecular complexity index is 1450. The Kier molecular flexibility index (Phi) is 5.90. The van der Waals surface area contributed by atoms with E-state index in [9.17, 15) is 5.11 Å². The van der Waals surface area contributed by atoms with Gasteiger partial charge in [0.05, 0.1) is 12.1 Å². The van der Waals surface area contributed by atoms with Crippen LogP contribution in [0.1, 0.15) is 5.56 Å². The summed E-state index contributed by atoms with van der Waals surface area (Å²) >= 11 is 0. The molecule has 0 spiro atoms. The van der Waals surface area contributed by atoms with Crippen LogP contribution in [0.3, 0.4) is 0 Å². The zero-order valence-corrected chi connectivity index (χ0v) is 18.3. The van der Waals surface area contributed by atoms with Gasteiger partial charge in [0.1, 0.15) is 48.4 Å². The van der Waals surface area contributed by atoms with Gasteiger partial charge in [-0.15, -0.1) is 0 Å². The van der Waals surface area contributed by atoms with Crippen molar-refractivity contribution >= 4 is 28.1 Å². The molecule has 0 amide bonds. The molecule has 0 aliphatic carbocycles. The summed E-state index contributed by atoms with van der Waals surface area (Å²) < 4.78 is 13.3. The van der Waals surface area contributed by atoms with Gasteiger partial charge in [-0.3, -0.25) is 0 Å². The van der Waals surface area contributed by atoms with Gasteiger partial charge in [0.25, 0.3) is 0 Å². The molecule has 3 aromatic heterocycles. The number of hydrogen-bond donors (Lipinski definition) is 3. The number of fused-ring (bicyclic) bond motifs is 2. The summed E-state index contributed by atoms with van der Waals surface area (Å²) in [6.45, 7) is 1.59. The predicted octanol–water partition coefficient (Wildman–Crippen LogP) is 3.25. The van der Waals surface area contributed by atoms with Gasteiger partial charge in [-0.25, -0.2) is 19.5 Å². The third-order valence-electron chi connectivity index (χ3n) is 5.18. The molecule has 0 saturated heterocycles. The van der Waals surface area contributed by atoms with Gasteiger partial charge in [-0.1, -0.05) is 0 Å². The molecule has 0 fully saturated rings. The normalized spacial score (nSPS) is 12.1. The van der Waals surface area contributed by atoms with Crippen molar-refractivity contribution in [2.24, 2.45) is 0 Å². The number of ether oxygens (including phenoxy) is 2. The first-order valence-electron chi connectivity index (χ1n) is 10.6. The highest BCUT2D eigenvalue weighted by Crippen LogP contribution is 2.31. The van der Waals surface area contributed by atoms with Gasteiger partial charge in [-0.05, 0) is 55.0 Å². The smallest absolute Gasteiger partial charge is 0.158 e. The molecule has 0 unspecified atom stereocenters. The monoisotopic (exact) mass is 458 g/mol. The van der Waals surface area contributed by atoms with Crippen LogP contribution in [0.2, 0.25) is 0 Å². The quantitative estimate of drug-likeness (QED) is 0.321. The van der Waals surface area contributed by atoms with Gasteiger partial charge >= 0.3 is 0 Å². The Morgan fingerprint density at radius 3 is 2.76 bits per heavy atom. The minimum absolute atomic E-state index is 0.0108. The lowest BCUT2D eigenvalue weighted by Gasteiger charge is -2.14. The largest absolute Gasteiger partial charge is 0.491 e. The topological polar surface area (TPSA) is 127 Å². The average molecular weight is 458 g/mol.